The average molecular weight is 297 g/mol. The molecular formula is C14H23N3O2S. The Kier molecular flexibility index (Phi) is 4.65. The van der Waals surface area contributed by atoms with Gasteiger partial charge in [0.1, 0.15) is 0 Å². The van der Waals surface area contributed by atoms with Gasteiger partial charge in [-0.15, -0.1) is 0 Å². The first-order valence-corrected chi connectivity index (χ1v) is 8.63. The summed E-state index contributed by atoms with van der Waals surface area (Å²) in [6.07, 6.45) is 4.60. The van der Waals surface area contributed by atoms with E-state index < -0.39 is 10.0 Å². The molecule has 1 aliphatic rings. The number of sulfonamides is 1. The fraction of sp³-hybridized carbons (Fsp3) is 0.643. The maximum Gasteiger partial charge on any atom is 0.260 e. The Morgan fingerprint density at radius 3 is 2.75 bits per heavy atom. The standard InChI is InChI=1S/C14H23N3O2S/c1-4-11-7-8-12(10(11)2)17-20(18,19)14-13(15-3)6-5-9-16-14/h5-6,9-12,15,17H,4,7-8H2,1-3H3. The fourth-order valence-corrected chi connectivity index (χ4v) is 4.54. The van der Waals surface area contributed by atoms with Crippen molar-refractivity contribution in [2.75, 3.05) is 12.4 Å². The van der Waals surface area contributed by atoms with E-state index in [0.717, 1.165) is 19.3 Å². The lowest BCUT2D eigenvalue weighted by atomic mass is 9.94. The third-order valence-electron chi connectivity index (χ3n) is 4.35. The van der Waals surface area contributed by atoms with E-state index in [1.165, 1.54) is 6.20 Å². The lowest BCUT2D eigenvalue weighted by Crippen LogP contribution is -2.38. The number of anilines is 1. The molecule has 6 heteroatoms. The first kappa shape index (κ1) is 15.3. The largest absolute Gasteiger partial charge is 0.386 e. The van der Waals surface area contributed by atoms with Crippen LogP contribution in [0.25, 0.3) is 0 Å². The van der Waals surface area contributed by atoms with E-state index in [2.05, 4.69) is 28.9 Å². The van der Waals surface area contributed by atoms with Crippen molar-refractivity contribution in [3.63, 3.8) is 0 Å². The van der Waals surface area contributed by atoms with Gasteiger partial charge in [0.2, 0.25) is 0 Å². The molecule has 0 spiro atoms. The molecule has 112 valence electrons. The molecule has 2 N–H and O–H groups in total. The molecule has 0 saturated heterocycles. The van der Waals surface area contributed by atoms with Gasteiger partial charge in [0.05, 0.1) is 5.69 Å². The van der Waals surface area contributed by atoms with Gasteiger partial charge in [-0.2, -0.15) is 0 Å². The molecule has 0 aliphatic heterocycles. The summed E-state index contributed by atoms with van der Waals surface area (Å²) in [4.78, 5) is 4.01. The van der Waals surface area contributed by atoms with Crippen LogP contribution >= 0.6 is 0 Å². The van der Waals surface area contributed by atoms with E-state index >= 15 is 0 Å². The van der Waals surface area contributed by atoms with Gasteiger partial charge in [-0.25, -0.2) is 18.1 Å². The van der Waals surface area contributed by atoms with Crippen molar-refractivity contribution in [3.05, 3.63) is 18.3 Å². The molecule has 1 fully saturated rings. The van der Waals surface area contributed by atoms with Crippen molar-refractivity contribution < 1.29 is 8.42 Å². The van der Waals surface area contributed by atoms with Gasteiger partial charge in [-0.3, -0.25) is 0 Å². The third-order valence-corrected chi connectivity index (χ3v) is 5.80. The minimum atomic E-state index is -3.57. The maximum atomic E-state index is 12.5. The molecule has 1 aromatic heterocycles. The van der Waals surface area contributed by atoms with Gasteiger partial charge in [0.15, 0.2) is 5.03 Å². The third kappa shape index (κ3) is 2.96. The molecule has 1 saturated carbocycles. The van der Waals surface area contributed by atoms with E-state index in [1.54, 1.807) is 19.2 Å². The molecule has 0 radical (unpaired) electrons. The molecule has 3 atom stereocenters. The molecule has 1 aliphatic carbocycles. The number of nitrogens with zero attached hydrogens (tertiary/aromatic N) is 1. The predicted octanol–water partition coefficient (Wildman–Crippen LogP) is 2.23. The SMILES string of the molecule is CCC1CCC(NS(=O)(=O)c2ncccc2NC)C1C. The van der Waals surface area contributed by atoms with Crippen LogP contribution in [0.1, 0.15) is 33.1 Å². The molecule has 20 heavy (non-hydrogen) atoms. The van der Waals surface area contributed by atoms with Crippen molar-refractivity contribution in [1.82, 2.24) is 9.71 Å². The van der Waals surface area contributed by atoms with Crippen LogP contribution < -0.4 is 10.0 Å². The molecule has 0 bridgehead atoms. The normalized spacial score (nSPS) is 26.6. The molecule has 1 aromatic rings. The Bertz CT molecular complexity index is 559. The quantitative estimate of drug-likeness (QED) is 0.874. The van der Waals surface area contributed by atoms with Crippen molar-refractivity contribution in [2.45, 2.75) is 44.2 Å². The smallest absolute Gasteiger partial charge is 0.260 e. The number of pyridine rings is 1. The van der Waals surface area contributed by atoms with Crippen LogP contribution in [0.3, 0.4) is 0 Å². The van der Waals surface area contributed by atoms with Crippen LogP contribution in [0, 0.1) is 11.8 Å². The van der Waals surface area contributed by atoms with Crippen LogP contribution in [-0.2, 0) is 10.0 Å². The van der Waals surface area contributed by atoms with Gasteiger partial charge < -0.3 is 5.32 Å². The number of hydrogen-bond donors (Lipinski definition) is 2. The molecule has 0 aromatic carbocycles. The Labute approximate surface area is 121 Å². The Hall–Kier alpha value is -1.14. The topological polar surface area (TPSA) is 71.1 Å². The van der Waals surface area contributed by atoms with E-state index in [4.69, 9.17) is 0 Å². The van der Waals surface area contributed by atoms with Crippen LogP contribution in [0.4, 0.5) is 5.69 Å². The highest BCUT2D eigenvalue weighted by Crippen LogP contribution is 2.34. The second kappa shape index (κ2) is 6.10. The summed E-state index contributed by atoms with van der Waals surface area (Å²) in [5, 5.41) is 2.95. The average Bonchev–Trinajstić information content (AvgIpc) is 2.79. The Balaban J connectivity index is 2.20. The maximum absolute atomic E-state index is 12.5. The zero-order valence-electron chi connectivity index (χ0n) is 12.3. The van der Waals surface area contributed by atoms with Gasteiger partial charge in [0.25, 0.3) is 10.0 Å². The monoisotopic (exact) mass is 297 g/mol. The zero-order valence-corrected chi connectivity index (χ0v) is 13.1. The Morgan fingerprint density at radius 1 is 1.40 bits per heavy atom. The molecular weight excluding hydrogens is 274 g/mol. The highest BCUT2D eigenvalue weighted by molar-refractivity contribution is 7.89. The molecule has 3 unspecified atom stereocenters. The van der Waals surface area contributed by atoms with Crippen LogP contribution in [0.5, 0.6) is 0 Å². The van der Waals surface area contributed by atoms with Crippen LogP contribution in [0.15, 0.2) is 23.4 Å². The molecule has 0 amide bonds. The second-order valence-corrected chi connectivity index (χ2v) is 7.07. The highest BCUT2D eigenvalue weighted by atomic mass is 32.2. The zero-order chi connectivity index (χ0) is 14.8. The minimum absolute atomic E-state index is 0.0108. The first-order valence-electron chi connectivity index (χ1n) is 7.14. The van der Waals surface area contributed by atoms with Gasteiger partial charge >= 0.3 is 0 Å². The molecule has 2 rings (SSSR count). The number of nitrogens with one attached hydrogen (secondary N) is 2. The van der Waals surface area contributed by atoms with E-state index in [9.17, 15) is 8.42 Å². The fourth-order valence-electron chi connectivity index (χ4n) is 3.04. The summed E-state index contributed by atoms with van der Waals surface area (Å²) in [7, 11) is -1.88. The van der Waals surface area contributed by atoms with Crippen molar-refractivity contribution in [1.29, 1.82) is 0 Å². The number of rotatable bonds is 5. The van der Waals surface area contributed by atoms with Crippen molar-refractivity contribution >= 4 is 15.7 Å². The second-order valence-electron chi connectivity index (χ2n) is 5.44. The lowest BCUT2D eigenvalue weighted by molar-refractivity contribution is 0.368. The molecule has 1 heterocycles. The summed E-state index contributed by atoms with van der Waals surface area (Å²) < 4.78 is 27.8. The van der Waals surface area contributed by atoms with E-state index in [1.807, 2.05) is 0 Å². The van der Waals surface area contributed by atoms with Gasteiger partial charge in [-0.1, -0.05) is 20.3 Å². The van der Waals surface area contributed by atoms with Crippen LogP contribution in [0.2, 0.25) is 0 Å². The minimum Gasteiger partial charge on any atom is -0.386 e. The Morgan fingerprint density at radius 2 is 2.15 bits per heavy atom. The summed E-state index contributed by atoms with van der Waals surface area (Å²) in [6, 6.07) is 3.45. The summed E-state index contributed by atoms with van der Waals surface area (Å²) in [5.41, 5.74) is 0.526. The van der Waals surface area contributed by atoms with Crippen molar-refractivity contribution in [2.24, 2.45) is 11.8 Å². The van der Waals surface area contributed by atoms with Crippen molar-refractivity contribution in [3.8, 4) is 0 Å². The summed E-state index contributed by atoms with van der Waals surface area (Å²) in [6.45, 7) is 4.29. The van der Waals surface area contributed by atoms with Gasteiger partial charge in [-0.05, 0) is 36.8 Å². The van der Waals surface area contributed by atoms with Crippen LogP contribution in [-0.4, -0.2) is 26.5 Å². The first-order chi connectivity index (χ1) is 9.49. The highest BCUT2D eigenvalue weighted by Gasteiger charge is 2.35. The summed E-state index contributed by atoms with van der Waals surface area (Å²) in [5.74, 6) is 0.978. The predicted molar refractivity (Wildman–Crippen MR) is 80.1 cm³/mol. The van der Waals surface area contributed by atoms with E-state index in [-0.39, 0.29) is 11.1 Å². The number of hydrogen-bond acceptors (Lipinski definition) is 4. The summed E-state index contributed by atoms with van der Waals surface area (Å²) >= 11 is 0. The van der Waals surface area contributed by atoms with E-state index in [0.29, 0.717) is 17.5 Å². The van der Waals surface area contributed by atoms with Gasteiger partial charge in [0, 0.05) is 19.3 Å². The number of aromatic nitrogens is 1. The molecule has 5 nitrogen and oxygen atoms in total. The lowest BCUT2D eigenvalue weighted by Gasteiger charge is -2.21.